The van der Waals surface area contributed by atoms with E-state index in [0.29, 0.717) is 16.9 Å². The SMILES string of the molecule is CC(C)(C)OC(=O)N=CC(c1nc2cc(F)ccc2n1CC(F)F)C1CC1. The van der Waals surface area contributed by atoms with E-state index in [-0.39, 0.29) is 5.92 Å². The molecule has 1 saturated carbocycles. The summed E-state index contributed by atoms with van der Waals surface area (Å²) in [6, 6.07) is 3.88. The Morgan fingerprint density at radius 3 is 2.70 bits per heavy atom. The highest BCUT2D eigenvalue weighted by molar-refractivity contribution is 5.84. The van der Waals surface area contributed by atoms with Gasteiger partial charge in [-0.1, -0.05) is 0 Å². The van der Waals surface area contributed by atoms with E-state index >= 15 is 0 Å². The van der Waals surface area contributed by atoms with Crippen molar-refractivity contribution in [3.05, 3.63) is 29.8 Å². The van der Waals surface area contributed by atoms with Crippen LogP contribution in [0, 0.1) is 11.7 Å². The standard InChI is InChI=1S/C19H22F3N3O2/c1-19(2,3)27-18(26)23-9-13(11-4-5-11)17-24-14-8-12(20)6-7-15(14)25(17)10-16(21)22/h6-9,11,13,16H,4-5,10H2,1-3H3. The van der Waals surface area contributed by atoms with E-state index in [1.54, 1.807) is 20.8 Å². The summed E-state index contributed by atoms with van der Waals surface area (Å²) in [5, 5.41) is 0. The number of halogens is 3. The van der Waals surface area contributed by atoms with E-state index in [4.69, 9.17) is 4.74 Å². The van der Waals surface area contributed by atoms with Gasteiger partial charge in [-0.15, -0.1) is 0 Å². The summed E-state index contributed by atoms with van der Waals surface area (Å²) in [6.45, 7) is 4.64. The summed E-state index contributed by atoms with van der Waals surface area (Å²) in [5.41, 5.74) is 0.0640. The fraction of sp³-hybridized carbons (Fsp3) is 0.526. The van der Waals surface area contributed by atoms with Crippen molar-refractivity contribution in [2.24, 2.45) is 10.9 Å². The molecule has 1 amide bonds. The van der Waals surface area contributed by atoms with Crippen molar-refractivity contribution < 1.29 is 22.7 Å². The Bertz CT molecular complexity index is 867. The zero-order valence-corrected chi connectivity index (χ0v) is 15.5. The van der Waals surface area contributed by atoms with Crippen molar-refractivity contribution in [1.29, 1.82) is 0 Å². The van der Waals surface area contributed by atoms with Crippen molar-refractivity contribution in [2.75, 3.05) is 0 Å². The maximum absolute atomic E-state index is 13.5. The lowest BCUT2D eigenvalue weighted by atomic mass is 10.0. The first-order valence-corrected chi connectivity index (χ1v) is 8.85. The molecule has 0 bridgehead atoms. The summed E-state index contributed by atoms with van der Waals surface area (Å²) in [4.78, 5) is 20.1. The minimum Gasteiger partial charge on any atom is -0.442 e. The van der Waals surface area contributed by atoms with Gasteiger partial charge in [0.2, 0.25) is 0 Å². The van der Waals surface area contributed by atoms with Gasteiger partial charge in [0.05, 0.1) is 23.5 Å². The van der Waals surface area contributed by atoms with Crippen LogP contribution in [0.1, 0.15) is 45.4 Å². The number of aromatic nitrogens is 2. The van der Waals surface area contributed by atoms with Gasteiger partial charge in [0.25, 0.3) is 6.43 Å². The third-order valence-corrected chi connectivity index (χ3v) is 4.22. The highest BCUT2D eigenvalue weighted by Gasteiger charge is 2.35. The molecule has 1 unspecified atom stereocenters. The molecule has 1 aromatic heterocycles. The molecular weight excluding hydrogens is 359 g/mol. The lowest BCUT2D eigenvalue weighted by molar-refractivity contribution is 0.0604. The molecule has 0 spiro atoms. The van der Waals surface area contributed by atoms with Crippen molar-refractivity contribution in [1.82, 2.24) is 9.55 Å². The second-order valence-electron chi connectivity index (χ2n) is 7.73. The predicted octanol–water partition coefficient (Wildman–Crippen LogP) is 4.94. The van der Waals surface area contributed by atoms with E-state index in [9.17, 15) is 18.0 Å². The van der Waals surface area contributed by atoms with Gasteiger partial charge >= 0.3 is 6.09 Å². The Balaban J connectivity index is 1.97. The molecule has 1 aromatic carbocycles. The highest BCUT2D eigenvalue weighted by Crippen LogP contribution is 2.42. The number of carbonyl (C=O) groups excluding carboxylic acids is 1. The fourth-order valence-electron chi connectivity index (χ4n) is 2.99. The van der Waals surface area contributed by atoms with Crippen molar-refractivity contribution in [2.45, 2.75) is 58.1 Å². The monoisotopic (exact) mass is 381 g/mol. The summed E-state index contributed by atoms with van der Waals surface area (Å²) < 4.78 is 46.4. The molecule has 2 aromatic rings. The number of hydrogen-bond acceptors (Lipinski definition) is 3. The molecule has 146 valence electrons. The minimum absolute atomic E-state index is 0.161. The number of carbonyl (C=O) groups is 1. The van der Waals surface area contributed by atoms with Gasteiger partial charge in [0, 0.05) is 12.3 Å². The second-order valence-corrected chi connectivity index (χ2v) is 7.73. The molecule has 27 heavy (non-hydrogen) atoms. The molecule has 1 aliphatic carbocycles. The third-order valence-electron chi connectivity index (χ3n) is 4.22. The van der Waals surface area contributed by atoms with Gasteiger partial charge in [0.1, 0.15) is 17.2 Å². The molecule has 0 N–H and O–H groups in total. The third kappa shape index (κ3) is 4.87. The maximum Gasteiger partial charge on any atom is 0.433 e. The zero-order valence-electron chi connectivity index (χ0n) is 15.5. The normalized spacial score (nSPS) is 16.4. The van der Waals surface area contributed by atoms with E-state index < -0.39 is 36.4 Å². The molecule has 1 fully saturated rings. The Morgan fingerprint density at radius 2 is 2.11 bits per heavy atom. The van der Waals surface area contributed by atoms with Crippen LogP contribution in [0.5, 0.6) is 0 Å². The zero-order chi connectivity index (χ0) is 19.8. The average molecular weight is 381 g/mol. The number of alkyl halides is 2. The summed E-state index contributed by atoms with van der Waals surface area (Å²) in [6.07, 6.45) is -0.135. The Hall–Kier alpha value is -2.38. The molecule has 1 atom stereocenters. The van der Waals surface area contributed by atoms with Crippen LogP contribution < -0.4 is 0 Å². The molecule has 8 heteroatoms. The van der Waals surface area contributed by atoms with Crippen LogP contribution >= 0.6 is 0 Å². The second kappa shape index (κ2) is 7.32. The molecule has 0 saturated heterocycles. The molecule has 3 rings (SSSR count). The molecule has 0 aliphatic heterocycles. The number of benzene rings is 1. The van der Waals surface area contributed by atoms with E-state index in [2.05, 4.69) is 9.98 Å². The molecular formula is C19H22F3N3O2. The van der Waals surface area contributed by atoms with Crippen LogP contribution in [-0.4, -0.2) is 33.9 Å². The number of hydrogen-bond donors (Lipinski definition) is 0. The average Bonchev–Trinajstić information content (AvgIpc) is 3.30. The molecule has 0 radical (unpaired) electrons. The van der Waals surface area contributed by atoms with E-state index in [0.717, 1.165) is 12.8 Å². The predicted molar refractivity (Wildman–Crippen MR) is 95.9 cm³/mol. The number of imidazole rings is 1. The van der Waals surface area contributed by atoms with E-state index in [1.807, 2.05) is 0 Å². The number of rotatable bonds is 5. The largest absolute Gasteiger partial charge is 0.442 e. The minimum atomic E-state index is -2.59. The smallest absolute Gasteiger partial charge is 0.433 e. The number of fused-ring (bicyclic) bond motifs is 1. The van der Waals surface area contributed by atoms with Gasteiger partial charge in [-0.25, -0.2) is 22.9 Å². The van der Waals surface area contributed by atoms with Gasteiger partial charge in [-0.05, 0) is 51.7 Å². The quantitative estimate of drug-likeness (QED) is 0.690. The summed E-state index contributed by atoms with van der Waals surface area (Å²) in [5.74, 6) is -0.368. The fourth-order valence-corrected chi connectivity index (χ4v) is 2.99. The molecule has 5 nitrogen and oxygen atoms in total. The van der Waals surface area contributed by atoms with Crippen molar-refractivity contribution >= 4 is 23.3 Å². The highest BCUT2D eigenvalue weighted by atomic mass is 19.3. The van der Waals surface area contributed by atoms with Gasteiger partial charge in [0.15, 0.2) is 0 Å². The Morgan fingerprint density at radius 1 is 1.41 bits per heavy atom. The topological polar surface area (TPSA) is 56.5 Å². The summed E-state index contributed by atoms with van der Waals surface area (Å²) in [7, 11) is 0. The first kappa shape index (κ1) is 19.4. The number of amides is 1. The van der Waals surface area contributed by atoms with Gasteiger partial charge in [-0.2, -0.15) is 4.99 Å². The first-order valence-electron chi connectivity index (χ1n) is 8.85. The number of aliphatic imine (C=N–C) groups is 1. The first-order chi connectivity index (χ1) is 12.6. The van der Waals surface area contributed by atoms with Crippen LogP contribution in [-0.2, 0) is 11.3 Å². The lowest BCUT2D eigenvalue weighted by Crippen LogP contribution is -2.22. The lowest BCUT2D eigenvalue weighted by Gasteiger charge is -2.18. The number of ether oxygens (including phenoxy) is 1. The van der Waals surface area contributed by atoms with Gasteiger partial charge < -0.3 is 9.30 Å². The van der Waals surface area contributed by atoms with Gasteiger partial charge in [-0.3, -0.25) is 0 Å². The van der Waals surface area contributed by atoms with E-state index in [1.165, 1.54) is 29.0 Å². The van der Waals surface area contributed by atoms with Crippen LogP contribution in [0.4, 0.5) is 18.0 Å². The molecule has 1 aliphatic rings. The van der Waals surface area contributed by atoms with Crippen molar-refractivity contribution in [3.63, 3.8) is 0 Å². The van der Waals surface area contributed by atoms with Crippen LogP contribution in [0.25, 0.3) is 11.0 Å². The van der Waals surface area contributed by atoms with Crippen LogP contribution in [0.15, 0.2) is 23.2 Å². The number of nitrogens with zero attached hydrogens (tertiary/aromatic N) is 3. The maximum atomic E-state index is 13.5. The van der Waals surface area contributed by atoms with Crippen LogP contribution in [0.2, 0.25) is 0 Å². The molecule has 1 heterocycles. The van der Waals surface area contributed by atoms with Crippen molar-refractivity contribution in [3.8, 4) is 0 Å². The Labute approximate surface area is 155 Å². The Kier molecular flexibility index (Phi) is 5.26. The summed E-state index contributed by atoms with van der Waals surface area (Å²) >= 11 is 0. The van der Waals surface area contributed by atoms with Crippen LogP contribution in [0.3, 0.4) is 0 Å².